The number of rotatable bonds is 4. The Hall–Kier alpha value is -0.920. The molecule has 0 radical (unpaired) electrons. The largest absolute Gasteiger partial charge is 0.340 e. The van der Waals surface area contributed by atoms with Crippen LogP contribution in [0.5, 0.6) is 0 Å². The summed E-state index contributed by atoms with van der Waals surface area (Å²) in [5.74, 6) is 0. The van der Waals surface area contributed by atoms with E-state index in [-0.39, 0.29) is 0 Å². The van der Waals surface area contributed by atoms with Crippen LogP contribution in [0.3, 0.4) is 0 Å². The average molecular weight is 155 g/mol. The van der Waals surface area contributed by atoms with E-state index in [1.165, 1.54) is 0 Å². The van der Waals surface area contributed by atoms with E-state index in [9.17, 15) is 4.57 Å². The van der Waals surface area contributed by atoms with Gasteiger partial charge in [0.2, 0.25) is 0 Å². The van der Waals surface area contributed by atoms with Crippen molar-refractivity contribution in [2.75, 3.05) is 12.3 Å². The van der Waals surface area contributed by atoms with E-state index in [1.807, 2.05) is 12.1 Å². The van der Waals surface area contributed by atoms with E-state index >= 15 is 0 Å². The summed E-state index contributed by atoms with van der Waals surface area (Å²) in [6, 6.07) is 3.82. The Balaban J connectivity index is 3.30. The third-order valence-electron chi connectivity index (χ3n) is 0.946. The van der Waals surface area contributed by atoms with Gasteiger partial charge in [-0.15, -0.1) is 0 Å². The SMILES string of the molecule is N#CCC[P+](=O)CCC#N. The monoisotopic (exact) mass is 155 g/mol. The second-order valence-corrected chi connectivity index (χ2v) is 3.60. The number of nitrogens with zero attached hydrogens (tertiary/aromatic N) is 2. The van der Waals surface area contributed by atoms with E-state index in [0.717, 1.165) is 0 Å². The van der Waals surface area contributed by atoms with Crippen molar-refractivity contribution < 1.29 is 4.57 Å². The normalized spacial score (nSPS) is 7.80. The molecular formula is C6H8N2OP+. The lowest BCUT2D eigenvalue weighted by molar-refractivity contribution is 0.587. The van der Waals surface area contributed by atoms with Crippen LogP contribution in [-0.4, -0.2) is 12.3 Å². The van der Waals surface area contributed by atoms with Crippen molar-refractivity contribution in [3.63, 3.8) is 0 Å². The van der Waals surface area contributed by atoms with Gasteiger partial charge in [0, 0.05) is 0 Å². The van der Waals surface area contributed by atoms with Gasteiger partial charge in [0.15, 0.2) is 12.3 Å². The highest BCUT2D eigenvalue weighted by Gasteiger charge is 2.12. The van der Waals surface area contributed by atoms with Gasteiger partial charge >= 0.3 is 7.80 Å². The molecule has 0 aliphatic heterocycles. The van der Waals surface area contributed by atoms with Crippen molar-refractivity contribution >= 4 is 7.80 Å². The molecule has 0 fully saturated rings. The first kappa shape index (κ1) is 9.08. The Morgan fingerprint density at radius 2 is 1.50 bits per heavy atom. The van der Waals surface area contributed by atoms with Gasteiger partial charge in [-0.2, -0.15) is 10.5 Å². The van der Waals surface area contributed by atoms with Gasteiger partial charge in [0.25, 0.3) is 0 Å². The summed E-state index contributed by atoms with van der Waals surface area (Å²) >= 11 is 0. The van der Waals surface area contributed by atoms with Crippen LogP contribution in [0.15, 0.2) is 0 Å². The van der Waals surface area contributed by atoms with Crippen LogP contribution in [0.4, 0.5) is 0 Å². The smallest absolute Gasteiger partial charge is 0.198 e. The van der Waals surface area contributed by atoms with E-state index in [2.05, 4.69) is 0 Å². The summed E-state index contributed by atoms with van der Waals surface area (Å²) in [5, 5.41) is 16.2. The molecule has 0 aromatic heterocycles. The van der Waals surface area contributed by atoms with E-state index < -0.39 is 7.80 Å². The predicted octanol–water partition coefficient (Wildman–Crippen LogP) is 1.64. The van der Waals surface area contributed by atoms with Crippen LogP contribution < -0.4 is 0 Å². The molecule has 0 atom stereocenters. The molecule has 0 unspecified atom stereocenters. The van der Waals surface area contributed by atoms with Crippen LogP contribution in [-0.2, 0) is 4.57 Å². The Kier molecular flexibility index (Phi) is 5.63. The molecule has 0 bridgehead atoms. The van der Waals surface area contributed by atoms with Gasteiger partial charge in [-0.1, -0.05) is 4.57 Å². The Bertz CT molecular complexity index is 169. The fraction of sp³-hybridized carbons (Fsp3) is 0.667. The van der Waals surface area contributed by atoms with E-state index in [1.54, 1.807) is 0 Å². The minimum Gasteiger partial charge on any atom is -0.198 e. The molecule has 0 amide bonds. The van der Waals surface area contributed by atoms with Gasteiger partial charge in [0.1, 0.15) is 0 Å². The van der Waals surface area contributed by atoms with Gasteiger partial charge in [0.05, 0.1) is 25.0 Å². The van der Waals surface area contributed by atoms with Crippen LogP contribution in [0, 0.1) is 22.7 Å². The fourth-order valence-electron chi connectivity index (χ4n) is 0.461. The molecule has 0 rings (SSSR count). The molecule has 0 heterocycles. The minimum absolute atomic E-state index is 0.334. The maximum atomic E-state index is 10.8. The van der Waals surface area contributed by atoms with Gasteiger partial charge in [-0.3, -0.25) is 0 Å². The first-order valence-electron chi connectivity index (χ1n) is 2.97. The molecule has 0 aliphatic rings. The predicted molar refractivity (Wildman–Crippen MR) is 37.8 cm³/mol. The molecule has 0 aromatic rings. The van der Waals surface area contributed by atoms with Crippen molar-refractivity contribution in [1.29, 1.82) is 10.5 Å². The number of hydrogen-bond donors (Lipinski definition) is 0. The molecule has 4 heteroatoms. The standard InChI is InChI=1S/C6H8N2OP/c7-3-1-5-10(9)6-2-4-8/h1-2,5-6H2/q+1. The van der Waals surface area contributed by atoms with E-state index in [4.69, 9.17) is 10.5 Å². The molecule has 3 nitrogen and oxygen atoms in total. The van der Waals surface area contributed by atoms with Gasteiger partial charge < -0.3 is 0 Å². The molecule has 0 saturated heterocycles. The number of hydrogen-bond acceptors (Lipinski definition) is 3. The molecular weight excluding hydrogens is 147 g/mol. The first-order valence-corrected chi connectivity index (χ1v) is 4.60. The second-order valence-electron chi connectivity index (χ2n) is 1.75. The molecule has 0 aromatic carbocycles. The molecule has 52 valence electrons. The Labute approximate surface area is 61.1 Å². The lowest BCUT2D eigenvalue weighted by Crippen LogP contribution is -1.80. The van der Waals surface area contributed by atoms with Crippen LogP contribution in [0.2, 0.25) is 0 Å². The summed E-state index contributed by atoms with van der Waals surface area (Å²) in [5.41, 5.74) is 0. The summed E-state index contributed by atoms with van der Waals surface area (Å²) < 4.78 is 10.8. The maximum Gasteiger partial charge on any atom is 0.340 e. The van der Waals surface area contributed by atoms with Crippen molar-refractivity contribution in [3.05, 3.63) is 0 Å². The zero-order chi connectivity index (χ0) is 7.82. The highest BCUT2D eigenvalue weighted by atomic mass is 31.1. The highest BCUT2D eigenvalue weighted by Crippen LogP contribution is 2.21. The zero-order valence-corrected chi connectivity index (χ0v) is 6.47. The summed E-state index contributed by atoms with van der Waals surface area (Å²) in [6.45, 7) is 0. The Morgan fingerprint density at radius 1 is 1.10 bits per heavy atom. The van der Waals surface area contributed by atoms with Crippen LogP contribution in [0.25, 0.3) is 0 Å². The first-order chi connectivity index (χ1) is 4.81. The fourth-order valence-corrected chi connectivity index (χ4v) is 1.38. The topological polar surface area (TPSA) is 64.7 Å². The maximum absolute atomic E-state index is 10.8. The third-order valence-corrected chi connectivity index (χ3v) is 2.39. The summed E-state index contributed by atoms with van der Waals surface area (Å²) in [6.07, 6.45) is 1.54. The van der Waals surface area contributed by atoms with Gasteiger partial charge in [-0.05, 0) is 0 Å². The molecule has 0 aliphatic carbocycles. The van der Waals surface area contributed by atoms with E-state index in [0.29, 0.717) is 25.2 Å². The molecule has 0 spiro atoms. The van der Waals surface area contributed by atoms with Crippen molar-refractivity contribution in [3.8, 4) is 12.1 Å². The van der Waals surface area contributed by atoms with Crippen molar-refractivity contribution in [2.45, 2.75) is 12.8 Å². The highest BCUT2D eigenvalue weighted by molar-refractivity contribution is 7.44. The summed E-state index contributed by atoms with van der Waals surface area (Å²) in [4.78, 5) is 0. The average Bonchev–Trinajstić information content (AvgIpc) is 1.97. The zero-order valence-electron chi connectivity index (χ0n) is 5.58. The second kappa shape index (κ2) is 6.20. The van der Waals surface area contributed by atoms with Crippen molar-refractivity contribution in [2.24, 2.45) is 0 Å². The third kappa shape index (κ3) is 5.22. The minimum atomic E-state index is -1.29. The number of nitriles is 2. The van der Waals surface area contributed by atoms with Gasteiger partial charge in [-0.25, -0.2) is 0 Å². The van der Waals surface area contributed by atoms with Crippen molar-refractivity contribution in [1.82, 2.24) is 0 Å². The Morgan fingerprint density at radius 3 is 1.80 bits per heavy atom. The quantitative estimate of drug-likeness (QED) is 0.579. The molecule has 0 N–H and O–H groups in total. The molecule has 0 saturated carbocycles. The van der Waals surface area contributed by atoms with Crippen LogP contribution in [0.1, 0.15) is 12.8 Å². The molecule has 10 heavy (non-hydrogen) atoms. The lowest BCUT2D eigenvalue weighted by Gasteiger charge is -1.76. The lowest BCUT2D eigenvalue weighted by atomic mass is 10.5. The van der Waals surface area contributed by atoms with Crippen LogP contribution >= 0.6 is 7.80 Å². The summed E-state index contributed by atoms with van der Waals surface area (Å²) in [7, 11) is -1.29.